The summed E-state index contributed by atoms with van der Waals surface area (Å²) in [5.41, 5.74) is 2.97. The molecule has 1 amide bonds. The number of piperidine rings is 1. The van der Waals surface area contributed by atoms with E-state index in [0.717, 1.165) is 19.3 Å². The van der Waals surface area contributed by atoms with Gasteiger partial charge in [-0.1, -0.05) is 6.42 Å². The Morgan fingerprint density at radius 1 is 1.11 bits per heavy atom. The van der Waals surface area contributed by atoms with E-state index in [9.17, 15) is 27.9 Å². The summed E-state index contributed by atoms with van der Waals surface area (Å²) in [6.07, 6.45) is 5.81. The van der Waals surface area contributed by atoms with Crippen LogP contribution in [0.5, 0.6) is 0 Å². The predicted molar refractivity (Wildman–Crippen MR) is 130 cm³/mol. The molecular formula is C25H27N3O6S. The molecule has 1 aromatic carbocycles. The van der Waals surface area contributed by atoms with Crippen molar-refractivity contribution >= 4 is 45.0 Å². The molecule has 1 fully saturated rings. The molecule has 1 aliphatic carbocycles. The fourth-order valence-electron chi connectivity index (χ4n) is 5.20. The van der Waals surface area contributed by atoms with Crippen LogP contribution in [0.3, 0.4) is 0 Å². The number of rotatable bonds is 5. The van der Waals surface area contributed by atoms with Gasteiger partial charge in [0.15, 0.2) is 5.78 Å². The number of ketones is 1. The third-order valence-corrected chi connectivity index (χ3v) is 8.97. The second-order valence-corrected chi connectivity index (χ2v) is 11.3. The second kappa shape index (κ2) is 8.76. The third kappa shape index (κ3) is 4.00. The molecule has 1 atom stereocenters. The van der Waals surface area contributed by atoms with E-state index in [1.165, 1.54) is 23.4 Å². The molecule has 0 saturated carbocycles. The van der Waals surface area contributed by atoms with Crippen LogP contribution in [0.4, 0.5) is 5.69 Å². The van der Waals surface area contributed by atoms with Crippen molar-refractivity contribution in [2.75, 3.05) is 18.4 Å². The number of fused-ring (bicyclic) bond motifs is 2. The van der Waals surface area contributed by atoms with E-state index in [-0.39, 0.29) is 16.3 Å². The zero-order chi connectivity index (χ0) is 24.9. The van der Waals surface area contributed by atoms with Gasteiger partial charge in [0.2, 0.25) is 10.0 Å². The van der Waals surface area contributed by atoms with E-state index in [1.54, 1.807) is 12.1 Å². The third-order valence-electron chi connectivity index (χ3n) is 7.08. The van der Waals surface area contributed by atoms with Crippen LogP contribution in [0, 0.1) is 0 Å². The summed E-state index contributed by atoms with van der Waals surface area (Å²) in [5, 5.41) is 12.4. The Balaban J connectivity index is 1.62. The van der Waals surface area contributed by atoms with Gasteiger partial charge in [0.25, 0.3) is 5.91 Å². The molecule has 3 N–H and O–H groups in total. The largest absolute Gasteiger partial charge is 0.481 e. The molecule has 3 aliphatic rings. The average Bonchev–Trinajstić information content (AvgIpc) is 3.36. The van der Waals surface area contributed by atoms with Crippen molar-refractivity contribution in [1.82, 2.24) is 9.29 Å². The van der Waals surface area contributed by atoms with Gasteiger partial charge in [-0.2, -0.15) is 4.31 Å². The van der Waals surface area contributed by atoms with Crippen LogP contribution in [0.1, 0.15) is 77.8 Å². The first-order valence-corrected chi connectivity index (χ1v) is 13.3. The van der Waals surface area contributed by atoms with Gasteiger partial charge in [0, 0.05) is 53.3 Å². The van der Waals surface area contributed by atoms with Crippen molar-refractivity contribution in [2.24, 2.45) is 0 Å². The highest BCUT2D eigenvalue weighted by Crippen LogP contribution is 2.39. The van der Waals surface area contributed by atoms with Crippen LogP contribution in [-0.4, -0.2) is 53.6 Å². The lowest BCUT2D eigenvalue weighted by atomic mass is 9.87. The molecular weight excluding hydrogens is 470 g/mol. The highest BCUT2D eigenvalue weighted by molar-refractivity contribution is 7.89. The fourth-order valence-corrected chi connectivity index (χ4v) is 6.75. The van der Waals surface area contributed by atoms with E-state index in [0.29, 0.717) is 66.1 Å². The zero-order valence-electron chi connectivity index (χ0n) is 19.4. The van der Waals surface area contributed by atoms with Crippen molar-refractivity contribution in [3.8, 4) is 0 Å². The number of H-pyrrole nitrogens is 1. The van der Waals surface area contributed by atoms with Crippen molar-refractivity contribution in [3.63, 3.8) is 0 Å². The summed E-state index contributed by atoms with van der Waals surface area (Å²) in [6.45, 7) is 2.46. The number of aryl methyl sites for hydroxylation is 1. The highest BCUT2D eigenvalue weighted by Gasteiger charge is 2.33. The van der Waals surface area contributed by atoms with Gasteiger partial charge < -0.3 is 15.4 Å². The van der Waals surface area contributed by atoms with Crippen molar-refractivity contribution in [3.05, 3.63) is 46.3 Å². The molecule has 1 aromatic heterocycles. The Bertz CT molecular complexity index is 1380. The Labute approximate surface area is 203 Å². The number of nitrogens with one attached hydrogen (secondary N) is 2. The molecule has 2 aliphatic heterocycles. The normalized spacial score (nSPS) is 20.4. The van der Waals surface area contributed by atoms with Crippen LogP contribution < -0.4 is 5.32 Å². The lowest BCUT2D eigenvalue weighted by Crippen LogP contribution is -2.35. The minimum Gasteiger partial charge on any atom is -0.481 e. The molecule has 1 unspecified atom stereocenters. The summed E-state index contributed by atoms with van der Waals surface area (Å²) >= 11 is 0. The number of Topliss-reactive ketones (excluding diaryl/α,β-unsaturated/α-hetero) is 1. The number of carboxylic acids is 1. The number of sulfonamides is 1. The number of aromatic nitrogens is 1. The predicted octanol–water partition coefficient (Wildman–Crippen LogP) is 3.39. The Morgan fingerprint density at radius 2 is 1.86 bits per heavy atom. The number of carbonyl (C=O) groups excluding carboxylic acids is 2. The molecule has 35 heavy (non-hydrogen) atoms. The van der Waals surface area contributed by atoms with Crippen molar-refractivity contribution in [2.45, 2.75) is 56.3 Å². The molecule has 9 nitrogen and oxygen atoms in total. The van der Waals surface area contributed by atoms with Crippen LogP contribution in [-0.2, 0) is 26.0 Å². The van der Waals surface area contributed by atoms with E-state index in [4.69, 9.17) is 0 Å². The van der Waals surface area contributed by atoms with Gasteiger partial charge in [-0.05, 0) is 56.9 Å². The maximum Gasteiger partial charge on any atom is 0.310 e. The quantitative estimate of drug-likeness (QED) is 0.542. The molecule has 0 radical (unpaired) electrons. The van der Waals surface area contributed by atoms with E-state index >= 15 is 0 Å². The first-order chi connectivity index (χ1) is 16.7. The molecule has 184 valence electrons. The number of carboxylic acid groups (broad SMARTS) is 1. The first-order valence-electron chi connectivity index (χ1n) is 11.9. The maximum absolute atomic E-state index is 13.2. The molecule has 10 heteroatoms. The summed E-state index contributed by atoms with van der Waals surface area (Å²) in [5.74, 6) is -2.56. The number of nitrogens with zero attached hydrogens (tertiary/aromatic N) is 1. The smallest absolute Gasteiger partial charge is 0.310 e. The van der Waals surface area contributed by atoms with Crippen molar-refractivity contribution < 1.29 is 27.9 Å². The number of hydrogen-bond donors (Lipinski definition) is 3. The number of amides is 1. The van der Waals surface area contributed by atoms with Crippen molar-refractivity contribution in [1.29, 1.82) is 0 Å². The van der Waals surface area contributed by atoms with Crippen LogP contribution in [0.2, 0.25) is 0 Å². The molecule has 0 bridgehead atoms. The second-order valence-electron chi connectivity index (χ2n) is 9.33. The Hall–Kier alpha value is -3.24. The topological polar surface area (TPSA) is 137 Å². The van der Waals surface area contributed by atoms with Gasteiger partial charge in [-0.15, -0.1) is 0 Å². The van der Waals surface area contributed by atoms with Gasteiger partial charge >= 0.3 is 5.97 Å². The number of aliphatic carboxylic acids is 1. The minimum atomic E-state index is -3.70. The first kappa shape index (κ1) is 23.5. The molecule has 3 heterocycles. The van der Waals surface area contributed by atoms with Gasteiger partial charge in [0.1, 0.15) is 0 Å². The molecule has 0 spiro atoms. The molecule has 5 rings (SSSR count). The van der Waals surface area contributed by atoms with E-state index in [1.807, 2.05) is 0 Å². The number of carbonyl (C=O) groups is 3. The summed E-state index contributed by atoms with van der Waals surface area (Å²) in [7, 11) is -3.70. The van der Waals surface area contributed by atoms with Gasteiger partial charge in [-0.25, -0.2) is 8.42 Å². The minimum absolute atomic E-state index is 0.110. The van der Waals surface area contributed by atoms with Crippen LogP contribution in [0.15, 0.2) is 23.1 Å². The number of aromatic amines is 1. The van der Waals surface area contributed by atoms with Crippen LogP contribution >= 0.6 is 0 Å². The SMILES string of the molecule is CC(C(=O)O)c1c(/C=C2\C(=O)Nc3ccc(S(=O)(=O)N4CCCCC4)cc32)[nH]c2c1C(=O)CCC2. The zero-order valence-corrected chi connectivity index (χ0v) is 20.2. The monoisotopic (exact) mass is 497 g/mol. The average molecular weight is 498 g/mol. The lowest BCUT2D eigenvalue weighted by molar-refractivity contribution is -0.138. The van der Waals surface area contributed by atoms with Gasteiger partial charge in [-0.3, -0.25) is 14.4 Å². The molecule has 2 aromatic rings. The Kier molecular flexibility index (Phi) is 5.88. The summed E-state index contributed by atoms with van der Waals surface area (Å²) < 4.78 is 27.9. The highest BCUT2D eigenvalue weighted by atomic mass is 32.2. The number of benzene rings is 1. The number of hydrogen-bond acceptors (Lipinski definition) is 5. The van der Waals surface area contributed by atoms with E-state index in [2.05, 4.69) is 10.3 Å². The standard InChI is InChI=1S/C25H27N3O6S/c1-14(25(31)32)22-20(26-19-6-5-7-21(29)23(19)22)13-17-16-12-15(8-9-18(16)27-24(17)30)35(33,34)28-10-3-2-4-11-28/h8-9,12-14,26H,2-7,10-11H2,1H3,(H,27,30)(H,31,32)/b17-13-. The summed E-state index contributed by atoms with van der Waals surface area (Å²) in [4.78, 5) is 40.7. The van der Waals surface area contributed by atoms with E-state index < -0.39 is 27.8 Å². The summed E-state index contributed by atoms with van der Waals surface area (Å²) in [6, 6.07) is 4.57. The fraction of sp³-hybridized carbons (Fsp3) is 0.400. The number of anilines is 1. The molecule has 1 saturated heterocycles. The Morgan fingerprint density at radius 3 is 2.57 bits per heavy atom. The maximum atomic E-state index is 13.2. The van der Waals surface area contributed by atoms with Gasteiger partial charge in [0.05, 0.1) is 16.4 Å². The lowest BCUT2D eigenvalue weighted by Gasteiger charge is -2.26. The van der Waals surface area contributed by atoms with Crippen LogP contribution in [0.25, 0.3) is 11.6 Å².